The molecule has 148 valence electrons. The Labute approximate surface area is 165 Å². The van der Waals surface area contributed by atoms with Gasteiger partial charge in [0, 0.05) is 30.3 Å². The highest BCUT2D eigenvalue weighted by Gasteiger charge is 2.34. The molecule has 2 amide bonds. The maximum absolute atomic E-state index is 12.5. The summed E-state index contributed by atoms with van der Waals surface area (Å²) in [5, 5.41) is 9.17. The van der Waals surface area contributed by atoms with E-state index in [0.29, 0.717) is 5.56 Å². The zero-order valence-electron chi connectivity index (χ0n) is 16.5. The molecule has 0 bridgehead atoms. The smallest absolute Gasteiger partial charge is 0.407 e. The van der Waals surface area contributed by atoms with Gasteiger partial charge in [-0.1, -0.05) is 44.2 Å². The van der Waals surface area contributed by atoms with Gasteiger partial charge in [0.15, 0.2) is 0 Å². The molecule has 2 aromatic carbocycles. The highest BCUT2D eigenvalue weighted by molar-refractivity contribution is 5.94. The Morgan fingerprint density at radius 3 is 2.57 bits per heavy atom. The van der Waals surface area contributed by atoms with E-state index in [-0.39, 0.29) is 30.5 Å². The number of benzene rings is 2. The molecular formula is C22H27N3O3. The first kappa shape index (κ1) is 19.7. The van der Waals surface area contributed by atoms with Gasteiger partial charge in [0.1, 0.15) is 6.61 Å². The molecule has 6 nitrogen and oxygen atoms in total. The zero-order chi connectivity index (χ0) is 20.1. The fourth-order valence-corrected chi connectivity index (χ4v) is 3.66. The van der Waals surface area contributed by atoms with Crippen LogP contribution in [0.4, 0.5) is 10.5 Å². The molecule has 6 heteroatoms. The van der Waals surface area contributed by atoms with E-state index in [1.165, 1.54) is 0 Å². The normalized spacial score (nSPS) is 20.5. The molecule has 0 spiro atoms. The van der Waals surface area contributed by atoms with Crippen LogP contribution in [0.15, 0.2) is 48.5 Å². The Bertz CT molecular complexity index is 838. The quantitative estimate of drug-likeness (QED) is 0.735. The number of rotatable bonds is 5. The largest absolute Gasteiger partial charge is 0.445 e. The number of nitrogens with one attached hydrogen (secondary N) is 3. The van der Waals surface area contributed by atoms with E-state index in [1.54, 1.807) is 13.1 Å². The van der Waals surface area contributed by atoms with E-state index < -0.39 is 6.09 Å². The number of fused-ring (bicyclic) bond motifs is 1. The summed E-state index contributed by atoms with van der Waals surface area (Å²) in [6.07, 6.45) is 0.462. The van der Waals surface area contributed by atoms with Crippen LogP contribution in [0.1, 0.15) is 47.8 Å². The molecule has 3 atom stereocenters. The summed E-state index contributed by atoms with van der Waals surface area (Å²) in [7, 11) is 1.60. The topological polar surface area (TPSA) is 79.5 Å². The van der Waals surface area contributed by atoms with Gasteiger partial charge in [-0.25, -0.2) is 4.79 Å². The van der Waals surface area contributed by atoms with Crippen molar-refractivity contribution in [2.24, 2.45) is 5.92 Å². The van der Waals surface area contributed by atoms with E-state index in [9.17, 15) is 9.59 Å². The van der Waals surface area contributed by atoms with Crippen molar-refractivity contribution in [3.63, 3.8) is 0 Å². The summed E-state index contributed by atoms with van der Waals surface area (Å²) in [6, 6.07) is 15.1. The molecule has 0 aromatic heterocycles. The van der Waals surface area contributed by atoms with E-state index in [2.05, 4.69) is 29.8 Å². The number of carbonyl (C=O) groups is 2. The fourth-order valence-electron chi connectivity index (χ4n) is 3.66. The third-order valence-electron chi connectivity index (χ3n) is 5.30. The summed E-state index contributed by atoms with van der Waals surface area (Å²) in [5.41, 5.74) is 3.33. The van der Waals surface area contributed by atoms with Crippen molar-refractivity contribution in [2.45, 2.75) is 39.0 Å². The number of ether oxygens (including phenoxy) is 1. The molecule has 0 radical (unpaired) electrons. The summed E-state index contributed by atoms with van der Waals surface area (Å²) in [5.74, 6) is -0.0137. The predicted molar refractivity (Wildman–Crippen MR) is 109 cm³/mol. The maximum atomic E-state index is 12.5. The van der Waals surface area contributed by atoms with Crippen molar-refractivity contribution in [3.8, 4) is 0 Å². The molecule has 1 heterocycles. The number of amides is 2. The van der Waals surface area contributed by atoms with Crippen LogP contribution >= 0.6 is 0 Å². The van der Waals surface area contributed by atoms with Crippen LogP contribution in [0, 0.1) is 5.92 Å². The Balaban J connectivity index is 1.79. The predicted octanol–water partition coefficient (Wildman–Crippen LogP) is 3.85. The second-order valence-corrected chi connectivity index (χ2v) is 7.08. The number of carbonyl (C=O) groups excluding carboxylic acids is 2. The van der Waals surface area contributed by atoms with Gasteiger partial charge in [-0.15, -0.1) is 0 Å². The number of hydrogen-bond acceptors (Lipinski definition) is 4. The molecule has 0 saturated heterocycles. The number of alkyl carbamates (subject to hydrolysis) is 1. The van der Waals surface area contributed by atoms with Gasteiger partial charge in [0.05, 0.1) is 6.04 Å². The third-order valence-corrected chi connectivity index (χ3v) is 5.30. The first-order valence-electron chi connectivity index (χ1n) is 9.63. The standard InChI is InChI=1S/C22H27N3O3/c1-4-18-14(2)20(25-22(27)28-13-15-8-6-5-7-9-15)17-12-16(21(26)23-3)10-11-19(17)24-18/h5-12,14,18,20,24H,4,13H2,1-3H3,(H,23,26)(H,25,27)/t14-,18+,20-/m1/s1. The van der Waals surface area contributed by atoms with E-state index >= 15 is 0 Å². The summed E-state index contributed by atoms with van der Waals surface area (Å²) in [4.78, 5) is 24.5. The van der Waals surface area contributed by atoms with Crippen molar-refractivity contribution in [3.05, 3.63) is 65.2 Å². The van der Waals surface area contributed by atoms with Gasteiger partial charge < -0.3 is 20.7 Å². The summed E-state index contributed by atoms with van der Waals surface area (Å²) >= 11 is 0. The second-order valence-electron chi connectivity index (χ2n) is 7.08. The summed E-state index contributed by atoms with van der Waals surface area (Å²) < 4.78 is 5.41. The first-order valence-corrected chi connectivity index (χ1v) is 9.63. The van der Waals surface area contributed by atoms with Crippen molar-refractivity contribution in [1.82, 2.24) is 10.6 Å². The van der Waals surface area contributed by atoms with Crippen LogP contribution < -0.4 is 16.0 Å². The minimum absolute atomic E-state index is 0.140. The lowest BCUT2D eigenvalue weighted by atomic mass is 9.82. The number of hydrogen-bond donors (Lipinski definition) is 3. The number of anilines is 1. The molecule has 3 rings (SSSR count). The van der Waals surface area contributed by atoms with Crippen molar-refractivity contribution in [1.29, 1.82) is 0 Å². The lowest BCUT2D eigenvalue weighted by molar-refractivity contribution is 0.0963. The molecule has 0 unspecified atom stereocenters. The van der Waals surface area contributed by atoms with Crippen LogP contribution in [-0.2, 0) is 11.3 Å². The second kappa shape index (κ2) is 8.78. The monoisotopic (exact) mass is 381 g/mol. The SMILES string of the molecule is CC[C@@H]1Nc2ccc(C(=O)NC)cc2[C@H](NC(=O)OCc2ccccc2)[C@@H]1C. The van der Waals surface area contributed by atoms with Crippen LogP contribution in [0.5, 0.6) is 0 Å². The lowest BCUT2D eigenvalue weighted by Gasteiger charge is -2.39. The van der Waals surface area contributed by atoms with Gasteiger partial charge in [0.25, 0.3) is 5.91 Å². The molecule has 0 fully saturated rings. The Morgan fingerprint density at radius 1 is 1.14 bits per heavy atom. The minimum atomic E-state index is -0.464. The average molecular weight is 381 g/mol. The lowest BCUT2D eigenvalue weighted by Crippen LogP contribution is -2.44. The van der Waals surface area contributed by atoms with Crippen LogP contribution in [0.2, 0.25) is 0 Å². The van der Waals surface area contributed by atoms with Crippen molar-refractivity contribution in [2.75, 3.05) is 12.4 Å². The molecule has 1 aliphatic rings. The van der Waals surface area contributed by atoms with Gasteiger partial charge in [-0.05, 0) is 35.7 Å². The minimum Gasteiger partial charge on any atom is -0.445 e. The van der Waals surface area contributed by atoms with Gasteiger partial charge in [-0.3, -0.25) is 4.79 Å². The molecule has 3 N–H and O–H groups in total. The molecular weight excluding hydrogens is 354 g/mol. The maximum Gasteiger partial charge on any atom is 0.407 e. The Kier molecular flexibility index (Phi) is 6.19. The fraction of sp³-hybridized carbons (Fsp3) is 0.364. The van der Waals surface area contributed by atoms with Crippen molar-refractivity contribution < 1.29 is 14.3 Å². The zero-order valence-corrected chi connectivity index (χ0v) is 16.5. The summed E-state index contributed by atoms with van der Waals surface area (Å²) in [6.45, 7) is 4.43. The first-order chi connectivity index (χ1) is 13.5. The molecule has 0 aliphatic carbocycles. The van der Waals surface area contributed by atoms with Crippen LogP contribution in [0.25, 0.3) is 0 Å². The van der Waals surface area contributed by atoms with Crippen LogP contribution in [0.3, 0.4) is 0 Å². The van der Waals surface area contributed by atoms with Crippen LogP contribution in [-0.4, -0.2) is 25.1 Å². The third kappa shape index (κ3) is 4.27. The van der Waals surface area contributed by atoms with Crippen molar-refractivity contribution >= 4 is 17.7 Å². The highest BCUT2D eigenvalue weighted by atomic mass is 16.5. The van der Waals surface area contributed by atoms with E-state index in [4.69, 9.17) is 4.74 Å². The van der Waals surface area contributed by atoms with Gasteiger partial charge in [-0.2, -0.15) is 0 Å². The van der Waals surface area contributed by atoms with E-state index in [0.717, 1.165) is 23.2 Å². The Hall–Kier alpha value is -3.02. The molecule has 28 heavy (non-hydrogen) atoms. The highest BCUT2D eigenvalue weighted by Crippen LogP contribution is 2.38. The molecule has 0 saturated carbocycles. The average Bonchev–Trinajstić information content (AvgIpc) is 2.73. The van der Waals surface area contributed by atoms with Gasteiger partial charge in [0.2, 0.25) is 0 Å². The van der Waals surface area contributed by atoms with E-state index in [1.807, 2.05) is 42.5 Å². The molecule has 1 aliphatic heterocycles. The molecule has 2 aromatic rings. The Morgan fingerprint density at radius 2 is 1.89 bits per heavy atom. The van der Waals surface area contributed by atoms with Gasteiger partial charge >= 0.3 is 6.09 Å².